The molecule has 2 nitrogen and oxygen atoms in total. The number of unbranched alkanes of at least 4 members (excludes halogenated alkanes) is 5. The van der Waals surface area contributed by atoms with Crippen LogP contribution in [-0.2, 0) is 4.74 Å². The van der Waals surface area contributed by atoms with E-state index < -0.39 is 0 Å². The van der Waals surface area contributed by atoms with Crippen molar-refractivity contribution in [2.75, 3.05) is 25.1 Å². The van der Waals surface area contributed by atoms with Crippen molar-refractivity contribution < 1.29 is 4.74 Å². The van der Waals surface area contributed by atoms with Crippen LogP contribution in [0.25, 0.3) is 0 Å². The van der Waals surface area contributed by atoms with Crippen LogP contribution >= 0.6 is 15.9 Å². The first-order valence-electron chi connectivity index (χ1n) is 7.40. The fraction of sp³-hybridized carbons (Fsp3) is 0.625. The van der Waals surface area contributed by atoms with E-state index in [-0.39, 0.29) is 0 Å². The number of nitrogens with one attached hydrogen (secondary N) is 1. The van der Waals surface area contributed by atoms with Crippen LogP contribution in [-0.4, -0.2) is 19.8 Å². The maximum absolute atomic E-state index is 5.62. The Kier molecular flexibility index (Phi) is 9.82. The second kappa shape index (κ2) is 11.3. The molecule has 0 amide bonds. The van der Waals surface area contributed by atoms with Gasteiger partial charge in [-0.1, -0.05) is 61.0 Å². The van der Waals surface area contributed by atoms with E-state index in [9.17, 15) is 0 Å². The Hall–Kier alpha value is -0.540. The summed E-state index contributed by atoms with van der Waals surface area (Å²) in [5.41, 5.74) is 1.14. The Morgan fingerprint density at radius 1 is 1.05 bits per heavy atom. The molecule has 0 fully saturated rings. The van der Waals surface area contributed by atoms with Crippen molar-refractivity contribution in [2.24, 2.45) is 0 Å². The fourth-order valence-electron chi connectivity index (χ4n) is 1.95. The smallest absolute Gasteiger partial charge is 0.0639 e. The molecule has 1 aromatic carbocycles. The van der Waals surface area contributed by atoms with Crippen molar-refractivity contribution in [1.82, 2.24) is 0 Å². The molecule has 0 aliphatic heterocycles. The van der Waals surface area contributed by atoms with Crippen molar-refractivity contribution >= 4 is 21.6 Å². The summed E-state index contributed by atoms with van der Waals surface area (Å²) in [5.74, 6) is 0. The molecule has 0 saturated heterocycles. The minimum atomic E-state index is 0.779. The average molecular weight is 328 g/mol. The molecular weight excluding hydrogens is 302 g/mol. The predicted molar refractivity (Wildman–Crippen MR) is 86.8 cm³/mol. The standard InChI is InChI=1S/C16H26BrNO/c1-2-3-4-5-6-7-12-19-13-11-18-16-10-8-9-15(17)14-16/h8-10,14,18H,2-7,11-13H2,1H3. The Bertz CT molecular complexity index is 330. The molecule has 0 saturated carbocycles. The lowest BCUT2D eigenvalue weighted by Crippen LogP contribution is -2.09. The predicted octanol–water partition coefficient (Wildman–Crippen LogP) is 5.24. The van der Waals surface area contributed by atoms with E-state index in [2.05, 4.69) is 40.3 Å². The van der Waals surface area contributed by atoms with Crippen molar-refractivity contribution in [1.29, 1.82) is 0 Å². The van der Waals surface area contributed by atoms with Gasteiger partial charge in [-0.3, -0.25) is 0 Å². The number of halogens is 1. The zero-order chi connectivity index (χ0) is 13.8. The summed E-state index contributed by atoms with van der Waals surface area (Å²) in [4.78, 5) is 0. The van der Waals surface area contributed by atoms with Crippen LogP contribution in [0.5, 0.6) is 0 Å². The molecule has 1 N–H and O–H groups in total. The maximum Gasteiger partial charge on any atom is 0.0639 e. The monoisotopic (exact) mass is 327 g/mol. The molecule has 0 unspecified atom stereocenters. The summed E-state index contributed by atoms with van der Waals surface area (Å²) in [5, 5.41) is 3.35. The van der Waals surface area contributed by atoms with Gasteiger partial charge in [0.05, 0.1) is 6.61 Å². The summed E-state index contributed by atoms with van der Waals surface area (Å²) >= 11 is 3.46. The van der Waals surface area contributed by atoms with Gasteiger partial charge in [-0.15, -0.1) is 0 Å². The first-order chi connectivity index (χ1) is 9.33. The number of benzene rings is 1. The van der Waals surface area contributed by atoms with E-state index in [1.54, 1.807) is 0 Å². The summed E-state index contributed by atoms with van der Waals surface area (Å²) < 4.78 is 6.72. The Morgan fingerprint density at radius 2 is 1.84 bits per heavy atom. The zero-order valence-electron chi connectivity index (χ0n) is 12.0. The molecule has 0 spiro atoms. The third kappa shape index (κ3) is 9.06. The third-order valence-corrected chi connectivity index (χ3v) is 3.54. The van der Waals surface area contributed by atoms with Gasteiger partial charge in [-0.25, -0.2) is 0 Å². The van der Waals surface area contributed by atoms with Crippen LogP contribution in [0.1, 0.15) is 45.4 Å². The topological polar surface area (TPSA) is 21.3 Å². The largest absolute Gasteiger partial charge is 0.383 e. The highest BCUT2D eigenvalue weighted by atomic mass is 79.9. The van der Waals surface area contributed by atoms with E-state index in [0.717, 1.165) is 29.9 Å². The lowest BCUT2D eigenvalue weighted by molar-refractivity contribution is 0.139. The quantitative estimate of drug-likeness (QED) is 0.561. The maximum atomic E-state index is 5.62. The van der Waals surface area contributed by atoms with Gasteiger partial charge in [-0.05, 0) is 24.6 Å². The summed E-state index contributed by atoms with van der Waals surface area (Å²) in [6.07, 6.45) is 7.92. The second-order valence-electron chi connectivity index (χ2n) is 4.82. The second-order valence-corrected chi connectivity index (χ2v) is 5.73. The molecule has 0 bridgehead atoms. The fourth-order valence-corrected chi connectivity index (χ4v) is 2.35. The highest BCUT2D eigenvalue weighted by molar-refractivity contribution is 9.10. The van der Waals surface area contributed by atoms with Crippen LogP contribution in [0, 0.1) is 0 Å². The van der Waals surface area contributed by atoms with Gasteiger partial charge in [0.25, 0.3) is 0 Å². The number of anilines is 1. The number of hydrogen-bond acceptors (Lipinski definition) is 2. The average Bonchev–Trinajstić information content (AvgIpc) is 2.41. The number of hydrogen-bond donors (Lipinski definition) is 1. The molecule has 0 atom stereocenters. The molecule has 0 radical (unpaired) electrons. The van der Waals surface area contributed by atoms with Crippen molar-refractivity contribution in [3.8, 4) is 0 Å². The van der Waals surface area contributed by atoms with Gasteiger partial charge < -0.3 is 10.1 Å². The van der Waals surface area contributed by atoms with Crippen molar-refractivity contribution in [2.45, 2.75) is 45.4 Å². The van der Waals surface area contributed by atoms with Gasteiger partial charge in [0.1, 0.15) is 0 Å². The molecule has 1 aromatic rings. The van der Waals surface area contributed by atoms with Gasteiger partial charge in [-0.2, -0.15) is 0 Å². The Morgan fingerprint density at radius 3 is 2.63 bits per heavy atom. The lowest BCUT2D eigenvalue weighted by atomic mass is 10.1. The highest BCUT2D eigenvalue weighted by Gasteiger charge is 1.94. The highest BCUT2D eigenvalue weighted by Crippen LogP contribution is 2.15. The van der Waals surface area contributed by atoms with E-state index in [1.807, 2.05) is 12.1 Å². The first kappa shape index (κ1) is 16.5. The van der Waals surface area contributed by atoms with E-state index in [1.165, 1.54) is 38.5 Å². The minimum absolute atomic E-state index is 0.779. The normalized spacial score (nSPS) is 10.6. The van der Waals surface area contributed by atoms with Gasteiger partial charge in [0.15, 0.2) is 0 Å². The van der Waals surface area contributed by atoms with Crippen LogP contribution < -0.4 is 5.32 Å². The van der Waals surface area contributed by atoms with Crippen LogP contribution in [0.15, 0.2) is 28.7 Å². The lowest BCUT2D eigenvalue weighted by Gasteiger charge is -2.07. The SMILES string of the molecule is CCCCCCCCOCCNc1cccc(Br)c1. The van der Waals surface area contributed by atoms with Crippen molar-refractivity contribution in [3.63, 3.8) is 0 Å². The molecule has 0 heterocycles. The number of ether oxygens (including phenoxy) is 1. The zero-order valence-corrected chi connectivity index (χ0v) is 13.5. The van der Waals surface area contributed by atoms with E-state index in [0.29, 0.717) is 0 Å². The van der Waals surface area contributed by atoms with Crippen molar-refractivity contribution in [3.05, 3.63) is 28.7 Å². The molecule has 3 heteroatoms. The third-order valence-electron chi connectivity index (χ3n) is 3.04. The molecule has 0 aliphatic carbocycles. The molecule has 0 aromatic heterocycles. The van der Waals surface area contributed by atoms with Crippen LogP contribution in [0.2, 0.25) is 0 Å². The Balaban J connectivity index is 1.89. The van der Waals surface area contributed by atoms with Crippen LogP contribution in [0.3, 0.4) is 0 Å². The minimum Gasteiger partial charge on any atom is -0.383 e. The summed E-state index contributed by atoms with van der Waals surface area (Å²) in [6.45, 7) is 4.79. The van der Waals surface area contributed by atoms with Gasteiger partial charge in [0.2, 0.25) is 0 Å². The Labute approximate surface area is 126 Å². The first-order valence-corrected chi connectivity index (χ1v) is 8.19. The molecule has 1 rings (SSSR count). The number of rotatable bonds is 11. The van der Waals surface area contributed by atoms with Gasteiger partial charge in [0, 0.05) is 23.3 Å². The molecule has 108 valence electrons. The molecular formula is C16H26BrNO. The van der Waals surface area contributed by atoms with E-state index in [4.69, 9.17) is 4.74 Å². The summed E-state index contributed by atoms with van der Waals surface area (Å²) in [6, 6.07) is 8.20. The molecule has 0 aliphatic rings. The summed E-state index contributed by atoms with van der Waals surface area (Å²) in [7, 11) is 0. The van der Waals surface area contributed by atoms with Gasteiger partial charge >= 0.3 is 0 Å². The van der Waals surface area contributed by atoms with Crippen LogP contribution in [0.4, 0.5) is 5.69 Å². The molecule has 19 heavy (non-hydrogen) atoms. The van der Waals surface area contributed by atoms with E-state index >= 15 is 0 Å².